The van der Waals surface area contributed by atoms with Gasteiger partial charge in [0, 0.05) is 28.9 Å². The summed E-state index contributed by atoms with van der Waals surface area (Å²) in [5.41, 5.74) is 8.88. The van der Waals surface area contributed by atoms with Gasteiger partial charge in [0.25, 0.3) is 0 Å². The number of benzene rings is 6. The highest BCUT2D eigenvalue weighted by molar-refractivity contribution is 6.33. The molecule has 2 nitrogen and oxygen atoms in total. The smallest absolute Gasteiger partial charge is 0.0548 e. The summed E-state index contributed by atoms with van der Waals surface area (Å²) in [5, 5.41) is 10.5. The Morgan fingerprint density at radius 2 is 1.16 bits per heavy atom. The molecule has 0 spiro atoms. The van der Waals surface area contributed by atoms with Gasteiger partial charge in [-0.25, -0.2) is 0 Å². The predicted octanol–water partition coefficient (Wildman–Crippen LogP) is 9.29. The lowest BCUT2D eigenvalue weighted by atomic mass is 9.97. The van der Waals surface area contributed by atoms with Crippen molar-refractivity contribution in [1.29, 1.82) is 0 Å². The minimum absolute atomic E-state index is 1.19. The first-order valence-corrected chi connectivity index (χ1v) is 12.7. The van der Waals surface area contributed by atoms with Crippen LogP contribution < -0.4 is 0 Å². The SMILES string of the molecule is c1cc2c3c(c1)ccc1c3c3c-2cccc3n1-c1ccc2c(ccc3cc(-c4ccncc4)ccc32)c1. The van der Waals surface area contributed by atoms with E-state index in [4.69, 9.17) is 0 Å². The molecular weight excluding hydrogens is 448 g/mol. The van der Waals surface area contributed by atoms with Crippen LogP contribution in [0.1, 0.15) is 0 Å². The highest BCUT2D eigenvalue weighted by Gasteiger charge is 2.24. The molecule has 9 rings (SSSR count). The third kappa shape index (κ3) is 2.47. The first-order valence-electron chi connectivity index (χ1n) is 12.7. The van der Waals surface area contributed by atoms with Gasteiger partial charge in [-0.1, -0.05) is 66.7 Å². The lowest BCUT2D eigenvalue weighted by molar-refractivity contribution is 1.19. The Labute approximate surface area is 213 Å². The standard InChI is InChI=1S/C35H20N2/c1-3-22-10-14-32-35-33(22)29(4-1)30-5-2-6-31(34(30)35)37(32)26-11-13-28-25(20-26)8-7-24-19-23(9-12-27(24)28)21-15-17-36-18-16-21/h1-20H. The first kappa shape index (κ1) is 19.3. The van der Waals surface area contributed by atoms with Gasteiger partial charge in [0.05, 0.1) is 11.0 Å². The molecule has 0 atom stereocenters. The summed E-state index contributed by atoms with van der Waals surface area (Å²) in [6.45, 7) is 0. The molecule has 170 valence electrons. The quantitative estimate of drug-likeness (QED) is 0.231. The summed E-state index contributed by atoms with van der Waals surface area (Å²) in [4.78, 5) is 4.16. The van der Waals surface area contributed by atoms with Crippen LogP contribution in [0.25, 0.3) is 82.1 Å². The van der Waals surface area contributed by atoms with E-state index in [0.717, 1.165) is 0 Å². The van der Waals surface area contributed by atoms with Crippen molar-refractivity contribution in [3.05, 3.63) is 122 Å². The molecule has 1 aliphatic carbocycles. The fourth-order valence-corrected chi connectivity index (χ4v) is 6.58. The molecule has 0 saturated carbocycles. The van der Waals surface area contributed by atoms with Gasteiger partial charge < -0.3 is 4.57 Å². The zero-order chi connectivity index (χ0) is 24.1. The molecule has 2 heterocycles. The molecule has 0 radical (unpaired) electrons. The van der Waals surface area contributed by atoms with E-state index >= 15 is 0 Å². The number of fused-ring (bicyclic) bond motifs is 4. The van der Waals surface area contributed by atoms with Crippen LogP contribution in [-0.2, 0) is 0 Å². The summed E-state index contributed by atoms with van der Waals surface area (Å²) in [7, 11) is 0. The molecule has 0 N–H and O–H groups in total. The summed E-state index contributed by atoms with van der Waals surface area (Å²) < 4.78 is 2.44. The molecule has 1 aliphatic rings. The Morgan fingerprint density at radius 1 is 0.459 bits per heavy atom. The van der Waals surface area contributed by atoms with E-state index in [1.54, 1.807) is 0 Å². The van der Waals surface area contributed by atoms with Gasteiger partial charge in [0.2, 0.25) is 0 Å². The van der Waals surface area contributed by atoms with Crippen molar-refractivity contribution in [2.75, 3.05) is 0 Å². The molecule has 0 amide bonds. The molecule has 0 bridgehead atoms. The van der Waals surface area contributed by atoms with Gasteiger partial charge in [0.15, 0.2) is 0 Å². The second-order valence-corrected chi connectivity index (χ2v) is 10.0. The third-order valence-corrected chi connectivity index (χ3v) is 8.18. The normalized spacial score (nSPS) is 12.3. The average Bonchev–Trinajstić information content (AvgIpc) is 3.49. The molecule has 37 heavy (non-hydrogen) atoms. The van der Waals surface area contributed by atoms with E-state index in [2.05, 4.69) is 119 Å². The summed E-state index contributed by atoms with van der Waals surface area (Å²) in [6, 6.07) is 40.3. The van der Waals surface area contributed by atoms with E-state index in [9.17, 15) is 0 Å². The van der Waals surface area contributed by atoms with Gasteiger partial charge in [-0.3, -0.25) is 4.98 Å². The Balaban J connectivity index is 1.28. The van der Waals surface area contributed by atoms with Crippen molar-refractivity contribution >= 4 is 54.1 Å². The van der Waals surface area contributed by atoms with Crippen LogP contribution in [0.2, 0.25) is 0 Å². The van der Waals surface area contributed by atoms with Crippen LogP contribution in [0.5, 0.6) is 0 Å². The summed E-state index contributed by atoms with van der Waals surface area (Å²) in [5.74, 6) is 0. The lowest BCUT2D eigenvalue weighted by Gasteiger charge is -2.13. The zero-order valence-electron chi connectivity index (χ0n) is 19.9. The van der Waals surface area contributed by atoms with Crippen LogP contribution in [0.3, 0.4) is 0 Å². The maximum Gasteiger partial charge on any atom is 0.0548 e. The van der Waals surface area contributed by atoms with Crippen LogP contribution in [0, 0.1) is 0 Å². The number of aromatic nitrogens is 2. The number of pyridine rings is 1. The zero-order valence-corrected chi connectivity index (χ0v) is 19.9. The number of hydrogen-bond donors (Lipinski definition) is 0. The second-order valence-electron chi connectivity index (χ2n) is 10.0. The van der Waals surface area contributed by atoms with Crippen LogP contribution in [0.4, 0.5) is 0 Å². The van der Waals surface area contributed by atoms with Crippen LogP contribution in [-0.4, -0.2) is 9.55 Å². The van der Waals surface area contributed by atoms with Crippen molar-refractivity contribution in [2.45, 2.75) is 0 Å². The summed E-state index contributed by atoms with van der Waals surface area (Å²) >= 11 is 0. The molecule has 2 heteroatoms. The highest BCUT2D eigenvalue weighted by atomic mass is 15.0. The fraction of sp³-hybridized carbons (Fsp3) is 0. The van der Waals surface area contributed by atoms with E-state index < -0.39 is 0 Å². The molecule has 2 aromatic heterocycles. The van der Waals surface area contributed by atoms with Crippen molar-refractivity contribution in [2.24, 2.45) is 0 Å². The number of rotatable bonds is 2. The van der Waals surface area contributed by atoms with Gasteiger partial charge in [-0.15, -0.1) is 0 Å². The molecule has 0 saturated heterocycles. The Kier molecular flexibility index (Phi) is 3.56. The van der Waals surface area contributed by atoms with E-state index in [0.29, 0.717) is 0 Å². The van der Waals surface area contributed by atoms with Crippen molar-refractivity contribution in [1.82, 2.24) is 9.55 Å². The average molecular weight is 469 g/mol. The molecular formula is C35H20N2. The Bertz CT molecular complexity index is 2240. The number of nitrogens with zero attached hydrogens (tertiary/aromatic N) is 2. The lowest BCUT2D eigenvalue weighted by Crippen LogP contribution is -1.95. The van der Waals surface area contributed by atoms with Crippen molar-refractivity contribution < 1.29 is 0 Å². The second kappa shape index (κ2) is 6.83. The monoisotopic (exact) mass is 468 g/mol. The summed E-state index contributed by atoms with van der Waals surface area (Å²) in [6.07, 6.45) is 3.70. The van der Waals surface area contributed by atoms with Gasteiger partial charge >= 0.3 is 0 Å². The third-order valence-electron chi connectivity index (χ3n) is 8.18. The topological polar surface area (TPSA) is 17.8 Å². The Morgan fingerprint density at radius 3 is 2.03 bits per heavy atom. The molecule has 0 aliphatic heterocycles. The van der Waals surface area contributed by atoms with E-state index in [-0.39, 0.29) is 0 Å². The fourth-order valence-electron chi connectivity index (χ4n) is 6.58. The van der Waals surface area contributed by atoms with Gasteiger partial charge in [-0.05, 0) is 97.0 Å². The largest absolute Gasteiger partial charge is 0.309 e. The molecule has 8 aromatic rings. The Hall–Kier alpha value is -4.95. The van der Waals surface area contributed by atoms with Crippen LogP contribution >= 0.6 is 0 Å². The molecule has 0 unspecified atom stereocenters. The van der Waals surface area contributed by atoms with Crippen molar-refractivity contribution in [3.63, 3.8) is 0 Å². The van der Waals surface area contributed by atoms with Crippen LogP contribution in [0.15, 0.2) is 122 Å². The molecule has 0 fully saturated rings. The maximum absolute atomic E-state index is 4.16. The highest BCUT2D eigenvalue weighted by Crippen LogP contribution is 2.49. The minimum Gasteiger partial charge on any atom is -0.309 e. The van der Waals surface area contributed by atoms with Gasteiger partial charge in [0.1, 0.15) is 0 Å². The number of hydrogen-bond acceptors (Lipinski definition) is 1. The minimum atomic E-state index is 1.19. The van der Waals surface area contributed by atoms with Gasteiger partial charge in [-0.2, -0.15) is 0 Å². The van der Waals surface area contributed by atoms with E-state index in [1.165, 1.54) is 82.1 Å². The maximum atomic E-state index is 4.16. The molecule has 6 aromatic carbocycles. The van der Waals surface area contributed by atoms with E-state index in [1.807, 2.05) is 12.4 Å². The van der Waals surface area contributed by atoms with Crippen molar-refractivity contribution in [3.8, 4) is 27.9 Å². The first-order chi connectivity index (χ1) is 18.3. The predicted molar refractivity (Wildman–Crippen MR) is 156 cm³/mol.